The quantitative estimate of drug-likeness (QED) is 0.800. The maximum absolute atomic E-state index is 3.29. The molecular weight excluding hydrogens is 190 g/mol. The molecule has 1 aliphatic heterocycles. The molecule has 0 saturated carbocycles. The lowest BCUT2D eigenvalue weighted by atomic mass is 9.88. The third kappa shape index (κ3) is 1.57. The van der Waals surface area contributed by atoms with Gasteiger partial charge in [-0.25, -0.2) is 0 Å². The highest BCUT2D eigenvalue weighted by molar-refractivity contribution is 8.01. The molecule has 1 nitrogen and oxygen atoms in total. The van der Waals surface area contributed by atoms with Gasteiger partial charge < -0.3 is 5.32 Å². The highest BCUT2D eigenvalue weighted by Crippen LogP contribution is 2.52. The van der Waals surface area contributed by atoms with Crippen LogP contribution in [0.15, 0.2) is 29.2 Å². The summed E-state index contributed by atoms with van der Waals surface area (Å²) in [6.45, 7) is 5.73. The number of thioether (sulfide) groups is 1. The van der Waals surface area contributed by atoms with E-state index in [0.717, 1.165) is 6.54 Å². The highest BCUT2D eigenvalue weighted by atomic mass is 32.2. The second-order valence-corrected chi connectivity index (χ2v) is 6.05. The van der Waals surface area contributed by atoms with E-state index >= 15 is 0 Å². The Bertz CT molecular complexity index is 333. The third-order valence-corrected chi connectivity index (χ3v) is 4.32. The van der Waals surface area contributed by atoms with Crippen molar-refractivity contribution < 1.29 is 0 Å². The van der Waals surface area contributed by atoms with Gasteiger partial charge in [0.2, 0.25) is 0 Å². The minimum Gasteiger partial charge on any atom is -0.319 e. The van der Waals surface area contributed by atoms with Crippen LogP contribution >= 0.6 is 11.8 Å². The van der Waals surface area contributed by atoms with Crippen molar-refractivity contribution in [3.63, 3.8) is 0 Å². The van der Waals surface area contributed by atoms with Gasteiger partial charge in [0.25, 0.3) is 0 Å². The van der Waals surface area contributed by atoms with Crippen molar-refractivity contribution >= 4 is 11.8 Å². The largest absolute Gasteiger partial charge is 0.319 e. The second kappa shape index (κ2) is 3.59. The SMILES string of the molecule is CNCC1c2ccccc2SC1(C)C. The molecule has 1 atom stereocenters. The first-order valence-electron chi connectivity index (χ1n) is 5.07. The van der Waals surface area contributed by atoms with Gasteiger partial charge in [-0.05, 0) is 32.5 Å². The molecule has 1 heterocycles. The molecule has 1 aromatic carbocycles. The molecule has 1 aliphatic rings. The second-order valence-electron chi connectivity index (χ2n) is 4.35. The van der Waals surface area contributed by atoms with Crippen molar-refractivity contribution in [2.45, 2.75) is 29.4 Å². The number of hydrogen-bond donors (Lipinski definition) is 1. The van der Waals surface area contributed by atoms with E-state index in [2.05, 4.69) is 43.4 Å². The summed E-state index contributed by atoms with van der Waals surface area (Å²) < 4.78 is 0.326. The molecule has 0 aromatic heterocycles. The van der Waals surface area contributed by atoms with Gasteiger partial charge in [0.15, 0.2) is 0 Å². The predicted molar refractivity (Wildman–Crippen MR) is 63.0 cm³/mol. The van der Waals surface area contributed by atoms with Crippen molar-refractivity contribution in [2.75, 3.05) is 13.6 Å². The number of nitrogens with one attached hydrogen (secondary N) is 1. The maximum atomic E-state index is 3.29. The summed E-state index contributed by atoms with van der Waals surface area (Å²) in [4.78, 5) is 1.46. The van der Waals surface area contributed by atoms with Gasteiger partial charge in [0, 0.05) is 22.1 Å². The van der Waals surface area contributed by atoms with Gasteiger partial charge in [0.1, 0.15) is 0 Å². The van der Waals surface area contributed by atoms with Crippen LogP contribution in [0.25, 0.3) is 0 Å². The van der Waals surface area contributed by atoms with Gasteiger partial charge >= 0.3 is 0 Å². The zero-order valence-electron chi connectivity index (χ0n) is 9.00. The first-order valence-corrected chi connectivity index (χ1v) is 5.89. The minimum absolute atomic E-state index is 0.326. The number of likely N-dealkylation sites (N-methyl/N-ethyl adjacent to an activating group) is 1. The highest BCUT2D eigenvalue weighted by Gasteiger charge is 2.38. The molecule has 1 unspecified atom stereocenters. The Morgan fingerprint density at radius 1 is 1.36 bits per heavy atom. The molecule has 0 amide bonds. The van der Waals surface area contributed by atoms with Crippen LogP contribution < -0.4 is 5.32 Å². The molecular formula is C12H17NS. The Morgan fingerprint density at radius 2 is 2.07 bits per heavy atom. The normalized spacial score (nSPS) is 23.5. The Hall–Kier alpha value is -0.470. The van der Waals surface area contributed by atoms with Crippen molar-refractivity contribution in [1.29, 1.82) is 0 Å². The van der Waals surface area contributed by atoms with Crippen LogP contribution in [0.1, 0.15) is 25.3 Å². The molecule has 0 bridgehead atoms. The molecule has 76 valence electrons. The molecule has 0 radical (unpaired) electrons. The first kappa shape index (κ1) is 10.1. The van der Waals surface area contributed by atoms with E-state index in [9.17, 15) is 0 Å². The molecule has 1 aromatic rings. The lowest BCUT2D eigenvalue weighted by Gasteiger charge is -2.26. The van der Waals surface area contributed by atoms with Gasteiger partial charge in [-0.2, -0.15) is 0 Å². The van der Waals surface area contributed by atoms with E-state index in [-0.39, 0.29) is 0 Å². The summed E-state index contributed by atoms with van der Waals surface area (Å²) in [6, 6.07) is 8.77. The minimum atomic E-state index is 0.326. The van der Waals surface area contributed by atoms with Crippen molar-refractivity contribution in [2.24, 2.45) is 0 Å². The fraction of sp³-hybridized carbons (Fsp3) is 0.500. The summed E-state index contributed by atoms with van der Waals surface area (Å²) in [5.41, 5.74) is 1.51. The molecule has 0 spiro atoms. The molecule has 1 N–H and O–H groups in total. The van der Waals surface area contributed by atoms with Gasteiger partial charge in [-0.1, -0.05) is 18.2 Å². The van der Waals surface area contributed by atoms with Crippen LogP contribution in [0.3, 0.4) is 0 Å². The molecule has 2 rings (SSSR count). The average molecular weight is 207 g/mol. The zero-order valence-corrected chi connectivity index (χ0v) is 9.82. The van der Waals surface area contributed by atoms with Crippen molar-refractivity contribution in [1.82, 2.24) is 5.32 Å². The fourth-order valence-electron chi connectivity index (χ4n) is 2.15. The van der Waals surface area contributed by atoms with Crippen LogP contribution in [0.4, 0.5) is 0 Å². The van der Waals surface area contributed by atoms with Crippen molar-refractivity contribution in [3.8, 4) is 0 Å². The van der Waals surface area contributed by atoms with Crippen LogP contribution in [-0.2, 0) is 0 Å². The summed E-state index contributed by atoms with van der Waals surface area (Å²) in [7, 11) is 2.03. The summed E-state index contributed by atoms with van der Waals surface area (Å²) in [6.07, 6.45) is 0. The fourth-order valence-corrected chi connectivity index (χ4v) is 3.54. The molecule has 2 heteroatoms. The summed E-state index contributed by atoms with van der Waals surface area (Å²) in [5, 5.41) is 3.29. The average Bonchev–Trinajstić information content (AvgIpc) is 2.39. The lowest BCUT2D eigenvalue weighted by molar-refractivity contribution is 0.527. The Morgan fingerprint density at radius 3 is 2.79 bits per heavy atom. The molecule has 0 fully saturated rings. The van der Waals surface area contributed by atoms with E-state index in [4.69, 9.17) is 0 Å². The van der Waals surface area contributed by atoms with E-state index in [1.54, 1.807) is 0 Å². The van der Waals surface area contributed by atoms with Gasteiger partial charge in [0.05, 0.1) is 0 Å². The van der Waals surface area contributed by atoms with E-state index in [1.165, 1.54) is 10.5 Å². The van der Waals surface area contributed by atoms with E-state index in [1.807, 2.05) is 18.8 Å². The van der Waals surface area contributed by atoms with Crippen molar-refractivity contribution in [3.05, 3.63) is 29.8 Å². The number of benzene rings is 1. The Balaban J connectivity index is 2.37. The van der Waals surface area contributed by atoms with Gasteiger partial charge in [-0.15, -0.1) is 11.8 Å². The summed E-state index contributed by atoms with van der Waals surface area (Å²) in [5.74, 6) is 0.633. The Kier molecular flexibility index (Phi) is 2.58. The number of hydrogen-bond acceptors (Lipinski definition) is 2. The van der Waals surface area contributed by atoms with Crippen LogP contribution in [0, 0.1) is 0 Å². The molecule has 14 heavy (non-hydrogen) atoms. The standard InChI is InChI=1S/C12H17NS/c1-12(2)10(8-13-3)9-6-4-5-7-11(9)14-12/h4-7,10,13H,8H2,1-3H3. The van der Waals surface area contributed by atoms with E-state index in [0.29, 0.717) is 10.7 Å². The molecule has 0 saturated heterocycles. The van der Waals surface area contributed by atoms with E-state index < -0.39 is 0 Å². The number of fused-ring (bicyclic) bond motifs is 1. The van der Waals surface area contributed by atoms with Crippen LogP contribution in [-0.4, -0.2) is 18.3 Å². The topological polar surface area (TPSA) is 12.0 Å². The first-order chi connectivity index (χ1) is 6.65. The van der Waals surface area contributed by atoms with Gasteiger partial charge in [-0.3, -0.25) is 0 Å². The molecule has 0 aliphatic carbocycles. The summed E-state index contributed by atoms with van der Waals surface area (Å²) >= 11 is 2.00. The monoisotopic (exact) mass is 207 g/mol. The van der Waals surface area contributed by atoms with Crippen LogP contribution in [0.5, 0.6) is 0 Å². The smallest absolute Gasteiger partial charge is 0.0232 e. The lowest BCUT2D eigenvalue weighted by Crippen LogP contribution is -2.29. The third-order valence-electron chi connectivity index (χ3n) is 2.91. The number of rotatable bonds is 2. The predicted octanol–water partition coefficient (Wildman–Crippen LogP) is 2.87. The zero-order chi connectivity index (χ0) is 10.2. The Labute approximate surface area is 90.3 Å². The van der Waals surface area contributed by atoms with Crippen LogP contribution in [0.2, 0.25) is 0 Å². The maximum Gasteiger partial charge on any atom is 0.0232 e.